The van der Waals surface area contributed by atoms with Crippen LogP contribution < -0.4 is 0 Å². The number of thiophene rings is 8. The van der Waals surface area contributed by atoms with Crippen LogP contribution in [0.4, 0.5) is 0 Å². The van der Waals surface area contributed by atoms with Gasteiger partial charge < -0.3 is 0 Å². The maximum Gasteiger partial charge on any atom is 0.195 e. The van der Waals surface area contributed by atoms with Crippen molar-refractivity contribution in [1.82, 2.24) is 0 Å². The first-order chi connectivity index (χ1) is 39.3. The van der Waals surface area contributed by atoms with Gasteiger partial charge in [0, 0.05) is 96.7 Å². The first-order valence-corrected chi connectivity index (χ1v) is 31.8. The Balaban J connectivity index is 0.962. The molecule has 14 heteroatoms. The number of nitriles is 4. The number of ketones is 2. The number of fused-ring (bicyclic) bond motifs is 15. The molecule has 12 aromatic rings. The summed E-state index contributed by atoms with van der Waals surface area (Å²) in [5.74, 6) is -0.353. The van der Waals surface area contributed by atoms with E-state index in [0.29, 0.717) is 44.5 Å². The monoisotopic (exact) mass is 1160 g/mol. The van der Waals surface area contributed by atoms with Crippen molar-refractivity contribution in [2.75, 3.05) is 0 Å². The number of rotatable bonds is 6. The highest BCUT2D eigenvalue weighted by molar-refractivity contribution is 7.37. The summed E-state index contributed by atoms with van der Waals surface area (Å²) in [5.41, 5.74) is 11.9. The van der Waals surface area contributed by atoms with Crippen LogP contribution in [0.3, 0.4) is 0 Å². The van der Waals surface area contributed by atoms with Gasteiger partial charge in [-0.15, -0.1) is 68.0 Å². The molecule has 8 aromatic heterocycles. The highest BCUT2D eigenvalue weighted by Crippen LogP contribution is 2.72. The van der Waals surface area contributed by atoms with Crippen molar-refractivity contribution in [2.45, 2.75) is 10.8 Å². The van der Waals surface area contributed by atoms with E-state index in [1.165, 1.54) is 73.8 Å². The first-order valence-electron chi connectivity index (χ1n) is 25.1. The van der Waals surface area contributed by atoms with Crippen LogP contribution in [-0.2, 0) is 10.8 Å². The summed E-state index contributed by atoms with van der Waals surface area (Å²) in [6, 6.07) is 56.2. The standard InChI is InChI=1S/C66H28N4O2S8/c67-25-33(26-68)49-41(55(71)45-31-73-29-43(45)49)21-39-23-47-57(75-39)51-59(77-47)61-53(65(51,35-13-5-1-6-14-35)36-15-7-2-8-16-36)63-64(79-61)54-62(80-63)60-52(66(54,37-17-9-3-10-18-37)38-19-11-4-12-20-38)58-48(78-60)24-40(76-58)22-42-50(34(27-69)28-70)44-30-74-32-46(44)56(42)72/h1-24,29-32H/b41-21-,42-22-. The van der Waals surface area contributed by atoms with Crippen molar-refractivity contribution < 1.29 is 9.59 Å². The molecule has 372 valence electrons. The molecule has 8 heterocycles. The molecular formula is C66H28N4O2S8. The van der Waals surface area contributed by atoms with Gasteiger partial charge in [-0.25, -0.2) is 0 Å². The molecule has 0 fully saturated rings. The number of benzene rings is 4. The quantitative estimate of drug-likeness (QED) is 0.120. The van der Waals surface area contributed by atoms with Crippen LogP contribution in [0.5, 0.6) is 0 Å². The Kier molecular flexibility index (Phi) is 10.4. The zero-order chi connectivity index (χ0) is 53.8. The highest BCUT2D eigenvalue weighted by atomic mass is 32.1. The van der Waals surface area contributed by atoms with E-state index in [4.69, 9.17) is 0 Å². The van der Waals surface area contributed by atoms with Gasteiger partial charge in [0.1, 0.15) is 35.4 Å². The van der Waals surface area contributed by atoms with E-state index < -0.39 is 10.8 Å². The molecule has 0 unspecified atom stereocenters. The predicted octanol–water partition coefficient (Wildman–Crippen LogP) is 18.5. The molecule has 0 spiro atoms. The summed E-state index contributed by atoms with van der Waals surface area (Å²) in [5, 5.41) is 47.7. The third kappa shape index (κ3) is 6.09. The van der Waals surface area contributed by atoms with Crippen LogP contribution in [0.1, 0.15) is 86.1 Å². The van der Waals surface area contributed by atoms with Gasteiger partial charge in [-0.3, -0.25) is 9.59 Å². The number of Topliss-reactive ketones (excluding diaryl/α,β-unsaturated/α-hetero) is 2. The lowest BCUT2D eigenvalue weighted by Gasteiger charge is -2.33. The van der Waals surface area contributed by atoms with Crippen LogP contribution >= 0.6 is 90.7 Å². The Morgan fingerprint density at radius 3 is 1.04 bits per heavy atom. The average Bonchev–Trinajstić information content (AvgIpc) is 4.25. The van der Waals surface area contributed by atoms with Crippen LogP contribution in [0, 0.1) is 45.3 Å². The summed E-state index contributed by atoms with van der Waals surface area (Å²) in [7, 11) is 0. The minimum atomic E-state index is -0.751. The smallest absolute Gasteiger partial charge is 0.195 e. The molecule has 0 saturated heterocycles. The summed E-state index contributed by atoms with van der Waals surface area (Å²) in [6.07, 6.45) is 3.77. The number of carbonyl (C=O) groups is 2. The molecule has 80 heavy (non-hydrogen) atoms. The largest absolute Gasteiger partial charge is 0.289 e. The number of nitrogens with zero attached hydrogens (tertiary/aromatic N) is 4. The molecule has 0 aliphatic heterocycles. The molecular weight excluding hydrogens is 1140 g/mol. The van der Waals surface area contributed by atoms with E-state index in [1.54, 1.807) is 56.1 Å². The van der Waals surface area contributed by atoms with Gasteiger partial charge in [0.25, 0.3) is 0 Å². The van der Waals surface area contributed by atoms with Crippen molar-refractivity contribution in [2.24, 2.45) is 0 Å². The van der Waals surface area contributed by atoms with Crippen molar-refractivity contribution >= 4 is 154 Å². The molecule has 4 aliphatic rings. The van der Waals surface area contributed by atoms with E-state index in [2.05, 4.69) is 158 Å². The maximum absolute atomic E-state index is 14.1. The molecule has 0 amide bonds. The summed E-state index contributed by atoms with van der Waals surface area (Å²) in [6.45, 7) is 0. The van der Waals surface area contributed by atoms with Gasteiger partial charge in [-0.2, -0.15) is 43.7 Å². The molecule has 4 aliphatic carbocycles. The second kappa shape index (κ2) is 17.5. The fraction of sp³-hybridized carbons (Fsp3) is 0.0303. The van der Waals surface area contributed by atoms with Crippen molar-refractivity contribution in [3.63, 3.8) is 0 Å². The zero-order valence-electron chi connectivity index (χ0n) is 41.0. The van der Waals surface area contributed by atoms with Crippen molar-refractivity contribution in [3.8, 4) is 43.8 Å². The van der Waals surface area contributed by atoms with Gasteiger partial charge in [-0.1, -0.05) is 121 Å². The maximum atomic E-state index is 14.1. The van der Waals surface area contributed by atoms with Crippen LogP contribution in [0.25, 0.3) is 71.0 Å². The molecule has 0 atom stereocenters. The lowest BCUT2D eigenvalue weighted by atomic mass is 9.67. The second-order valence-electron chi connectivity index (χ2n) is 19.7. The van der Waals surface area contributed by atoms with Crippen LogP contribution in [0.2, 0.25) is 0 Å². The average molecular weight is 1170 g/mol. The molecule has 6 nitrogen and oxygen atoms in total. The SMILES string of the molecule is N#CC(C#N)=C1/C(=C/c2cc3sc4c(c3s2)C(c2ccccc2)(c2ccccc2)c2c-4sc3c4c(sc23)-c2sc3cc(/C=C5\C(=O)c6cscc6C5=C(C#N)C#N)sc3c2C4(c2ccccc2)c2ccccc2)C(=O)c2cscc21. The zero-order valence-corrected chi connectivity index (χ0v) is 47.6. The molecule has 0 radical (unpaired) electrons. The van der Waals surface area contributed by atoms with E-state index in [9.17, 15) is 30.6 Å². The Morgan fingerprint density at radius 2 is 0.700 bits per heavy atom. The van der Waals surface area contributed by atoms with Gasteiger partial charge in [0.2, 0.25) is 0 Å². The second-order valence-corrected chi connectivity index (χ2v) is 27.5. The van der Waals surface area contributed by atoms with E-state index in [1.807, 2.05) is 45.6 Å². The van der Waals surface area contributed by atoms with Gasteiger partial charge in [0.15, 0.2) is 11.6 Å². The van der Waals surface area contributed by atoms with E-state index >= 15 is 0 Å². The number of allylic oxidation sites excluding steroid dienone is 6. The summed E-state index contributed by atoms with van der Waals surface area (Å²) in [4.78, 5) is 34.9. The third-order valence-corrected chi connectivity index (χ3v) is 25.0. The third-order valence-electron chi connectivity index (χ3n) is 15.9. The summed E-state index contributed by atoms with van der Waals surface area (Å²) >= 11 is 13.5. The minimum Gasteiger partial charge on any atom is -0.289 e. The number of hydrogen-bond donors (Lipinski definition) is 0. The predicted molar refractivity (Wildman–Crippen MR) is 330 cm³/mol. The molecule has 16 rings (SSSR count). The van der Waals surface area contributed by atoms with Gasteiger partial charge in [0.05, 0.1) is 49.1 Å². The molecule has 0 saturated carbocycles. The molecule has 4 aromatic carbocycles. The van der Waals surface area contributed by atoms with E-state index in [-0.39, 0.29) is 22.7 Å². The van der Waals surface area contributed by atoms with Crippen LogP contribution in [0.15, 0.2) is 177 Å². The normalized spacial score (nSPS) is 15.9. The minimum absolute atomic E-state index is 0.0700. The lowest BCUT2D eigenvalue weighted by Crippen LogP contribution is -2.28. The Labute approximate surface area is 488 Å². The van der Waals surface area contributed by atoms with Crippen molar-refractivity contribution in [3.05, 3.63) is 254 Å². The fourth-order valence-electron chi connectivity index (χ4n) is 12.9. The fourth-order valence-corrected chi connectivity index (χ4v) is 23.3. The van der Waals surface area contributed by atoms with Gasteiger partial charge in [-0.05, 0) is 57.3 Å². The summed E-state index contributed by atoms with van der Waals surface area (Å²) < 4.78 is 6.98. The lowest BCUT2D eigenvalue weighted by molar-refractivity contribution is 0.103. The Morgan fingerprint density at radius 1 is 0.388 bits per heavy atom. The Hall–Kier alpha value is -8.48. The topological polar surface area (TPSA) is 129 Å². The highest BCUT2D eigenvalue weighted by Gasteiger charge is 2.56. The Bertz CT molecular complexity index is 4660. The van der Waals surface area contributed by atoms with Crippen molar-refractivity contribution in [1.29, 1.82) is 21.0 Å². The molecule has 0 bridgehead atoms. The first kappa shape index (κ1) is 47.5. The molecule has 0 N–H and O–H groups in total. The van der Waals surface area contributed by atoms with Crippen LogP contribution in [-0.4, -0.2) is 11.6 Å². The van der Waals surface area contributed by atoms with Gasteiger partial charge >= 0.3 is 0 Å². The number of hydrogen-bond acceptors (Lipinski definition) is 14. The van der Waals surface area contributed by atoms with E-state index in [0.717, 1.165) is 50.8 Å². The number of carbonyl (C=O) groups excluding carboxylic acids is 2.